The molecule has 0 spiro atoms. The van der Waals surface area contributed by atoms with Gasteiger partial charge in [-0.15, -0.1) is 0 Å². The number of hydrogen-bond donors (Lipinski definition) is 2. The third-order valence-corrected chi connectivity index (χ3v) is 4.90. The number of likely N-dealkylation sites (tertiary alicyclic amines) is 1. The Morgan fingerprint density at radius 1 is 1.28 bits per heavy atom. The van der Waals surface area contributed by atoms with Crippen LogP contribution >= 0.6 is 0 Å². The zero-order valence-electron chi connectivity index (χ0n) is 15.5. The van der Waals surface area contributed by atoms with Crippen LogP contribution in [0.1, 0.15) is 25.8 Å². The highest BCUT2D eigenvalue weighted by Crippen LogP contribution is 2.24. The molecular formula is C19H29N3O3. The van der Waals surface area contributed by atoms with Crippen LogP contribution in [0.15, 0.2) is 30.3 Å². The van der Waals surface area contributed by atoms with Gasteiger partial charge in [0.1, 0.15) is 0 Å². The summed E-state index contributed by atoms with van der Waals surface area (Å²) in [6.07, 6.45) is -0.0578. The quantitative estimate of drug-likeness (QED) is 0.818. The van der Waals surface area contributed by atoms with Crippen LogP contribution in [0.25, 0.3) is 0 Å². The van der Waals surface area contributed by atoms with Crippen molar-refractivity contribution in [3.8, 4) is 0 Å². The molecule has 1 aromatic rings. The van der Waals surface area contributed by atoms with Gasteiger partial charge >= 0.3 is 0 Å². The number of nitrogens with one attached hydrogen (secondary N) is 1. The van der Waals surface area contributed by atoms with Crippen LogP contribution in [-0.2, 0) is 15.0 Å². The van der Waals surface area contributed by atoms with E-state index in [1.54, 1.807) is 19.0 Å². The van der Waals surface area contributed by atoms with Crippen molar-refractivity contribution in [3.63, 3.8) is 0 Å². The molecule has 0 bridgehead atoms. The van der Waals surface area contributed by atoms with E-state index in [9.17, 15) is 14.7 Å². The van der Waals surface area contributed by atoms with Crippen molar-refractivity contribution < 1.29 is 14.7 Å². The lowest BCUT2D eigenvalue weighted by molar-refractivity contribution is -0.132. The van der Waals surface area contributed by atoms with Crippen molar-refractivity contribution in [2.75, 3.05) is 33.7 Å². The highest BCUT2D eigenvalue weighted by atomic mass is 16.3. The molecule has 2 amide bonds. The Hall–Kier alpha value is -1.92. The third-order valence-electron chi connectivity index (χ3n) is 4.90. The minimum absolute atomic E-state index is 0.0138. The Morgan fingerprint density at radius 3 is 2.48 bits per heavy atom. The first-order valence-corrected chi connectivity index (χ1v) is 8.69. The lowest BCUT2D eigenvalue weighted by Gasteiger charge is -2.37. The molecular weight excluding hydrogens is 318 g/mol. The summed E-state index contributed by atoms with van der Waals surface area (Å²) < 4.78 is 0. The number of benzene rings is 1. The first kappa shape index (κ1) is 19.4. The highest BCUT2D eigenvalue weighted by molar-refractivity contribution is 5.87. The van der Waals surface area contributed by atoms with Gasteiger partial charge in [-0.2, -0.15) is 0 Å². The predicted molar refractivity (Wildman–Crippen MR) is 97.2 cm³/mol. The summed E-state index contributed by atoms with van der Waals surface area (Å²) in [7, 11) is 3.44. The van der Waals surface area contributed by atoms with Gasteiger partial charge in [0.05, 0.1) is 24.1 Å². The Labute approximate surface area is 149 Å². The molecule has 138 valence electrons. The molecule has 1 aliphatic heterocycles. The van der Waals surface area contributed by atoms with Gasteiger partial charge < -0.3 is 15.3 Å². The maximum atomic E-state index is 12.7. The first-order chi connectivity index (χ1) is 11.7. The smallest absolute Gasteiger partial charge is 0.236 e. The summed E-state index contributed by atoms with van der Waals surface area (Å²) in [5.41, 5.74) is 0.273. The highest BCUT2D eigenvalue weighted by Gasteiger charge is 2.35. The van der Waals surface area contributed by atoms with Gasteiger partial charge in [-0.05, 0) is 25.8 Å². The van der Waals surface area contributed by atoms with Crippen molar-refractivity contribution in [2.24, 2.45) is 0 Å². The van der Waals surface area contributed by atoms with Crippen molar-refractivity contribution in [3.05, 3.63) is 35.9 Å². The first-order valence-electron chi connectivity index (χ1n) is 8.69. The second kappa shape index (κ2) is 7.97. The molecule has 2 N–H and O–H groups in total. The Morgan fingerprint density at radius 2 is 1.92 bits per heavy atom. The van der Waals surface area contributed by atoms with E-state index in [2.05, 4.69) is 5.32 Å². The molecule has 1 aliphatic rings. The number of likely N-dealkylation sites (N-methyl/N-ethyl adjacent to an activating group) is 1. The van der Waals surface area contributed by atoms with Gasteiger partial charge in [-0.25, -0.2) is 0 Å². The molecule has 0 saturated carbocycles. The number of carbonyl (C=O) groups excluding carboxylic acids is 2. The van der Waals surface area contributed by atoms with Gasteiger partial charge in [0.15, 0.2) is 0 Å². The largest absolute Gasteiger partial charge is 0.390 e. The zero-order valence-corrected chi connectivity index (χ0v) is 15.5. The summed E-state index contributed by atoms with van der Waals surface area (Å²) >= 11 is 0. The van der Waals surface area contributed by atoms with E-state index in [1.165, 1.54) is 0 Å². The Kier molecular flexibility index (Phi) is 6.19. The molecule has 1 aromatic carbocycles. The molecule has 0 aliphatic carbocycles. The summed E-state index contributed by atoms with van der Waals surface area (Å²) in [6, 6.07) is 9.34. The summed E-state index contributed by atoms with van der Waals surface area (Å²) in [5.74, 6) is -0.0829. The average Bonchev–Trinajstić information content (AvgIpc) is 2.57. The summed E-state index contributed by atoms with van der Waals surface area (Å²) in [6.45, 7) is 5.12. The molecule has 1 heterocycles. The molecule has 0 radical (unpaired) electrons. The fourth-order valence-electron chi connectivity index (χ4n) is 2.98. The maximum absolute atomic E-state index is 12.7. The molecule has 1 fully saturated rings. The number of carbonyl (C=O) groups is 2. The lowest BCUT2D eigenvalue weighted by atomic mass is 9.83. The van der Waals surface area contributed by atoms with E-state index in [0.29, 0.717) is 26.1 Å². The number of rotatable bonds is 5. The Bertz CT molecular complexity index is 601. The van der Waals surface area contributed by atoms with Gasteiger partial charge in [0.2, 0.25) is 11.8 Å². The third kappa shape index (κ3) is 4.80. The molecule has 0 unspecified atom stereocenters. The van der Waals surface area contributed by atoms with Gasteiger partial charge in [0, 0.05) is 27.2 Å². The monoisotopic (exact) mass is 347 g/mol. The van der Waals surface area contributed by atoms with Crippen LogP contribution in [0.4, 0.5) is 0 Å². The van der Waals surface area contributed by atoms with Crippen LogP contribution in [0.5, 0.6) is 0 Å². The number of β-amino-alcohol motifs (C(OH)–C–C–N with tert-alkyl or cyclic N) is 1. The number of aliphatic hydroxyl groups is 1. The fourth-order valence-corrected chi connectivity index (χ4v) is 2.98. The van der Waals surface area contributed by atoms with Crippen LogP contribution < -0.4 is 5.32 Å². The van der Waals surface area contributed by atoms with Crippen LogP contribution in [0.3, 0.4) is 0 Å². The zero-order chi connectivity index (χ0) is 18.6. The molecule has 6 nitrogen and oxygen atoms in total. The average molecular weight is 347 g/mol. The number of amides is 2. The Balaban J connectivity index is 1.93. The minimum Gasteiger partial charge on any atom is -0.390 e. The van der Waals surface area contributed by atoms with E-state index in [-0.39, 0.29) is 17.9 Å². The molecule has 2 atom stereocenters. The SMILES string of the molecule is CN(C)C(=O)CN1CC[C@@H](NC(=O)C(C)(C)c2ccccc2)[C@H](O)C1. The molecule has 6 heteroatoms. The van der Waals surface area contributed by atoms with Gasteiger partial charge in [-0.3, -0.25) is 14.5 Å². The van der Waals surface area contributed by atoms with Crippen LogP contribution in [-0.4, -0.2) is 72.6 Å². The second-order valence-corrected chi connectivity index (χ2v) is 7.45. The van der Waals surface area contributed by atoms with Crippen LogP contribution in [0.2, 0.25) is 0 Å². The van der Waals surface area contributed by atoms with E-state index < -0.39 is 11.5 Å². The van der Waals surface area contributed by atoms with E-state index in [1.807, 2.05) is 49.1 Å². The standard InChI is InChI=1S/C19H29N3O3/c1-19(2,14-8-6-5-7-9-14)18(25)20-15-10-11-22(12-16(15)23)13-17(24)21(3)4/h5-9,15-16,23H,10-13H2,1-4H3,(H,20,25)/t15-,16-/m1/s1. The minimum atomic E-state index is -0.681. The van der Waals surface area contributed by atoms with Crippen molar-refractivity contribution in [2.45, 2.75) is 37.8 Å². The topological polar surface area (TPSA) is 72.9 Å². The van der Waals surface area contributed by atoms with Crippen molar-refractivity contribution >= 4 is 11.8 Å². The van der Waals surface area contributed by atoms with E-state index in [4.69, 9.17) is 0 Å². The normalized spacial score (nSPS) is 21.6. The number of aliphatic hydroxyl groups excluding tert-OH is 1. The van der Waals surface area contributed by atoms with Gasteiger partial charge in [-0.1, -0.05) is 30.3 Å². The van der Waals surface area contributed by atoms with E-state index in [0.717, 1.165) is 5.56 Å². The van der Waals surface area contributed by atoms with E-state index >= 15 is 0 Å². The summed E-state index contributed by atoms with van der Waals surface area (Å²) in [4.78, 5) is 28.0. The molecule has 2 rings (SSSR count). The molecule has 25 heavy (non-hydrogen) atoms. The predicted octanol–water partition coefficient (Wildman–Crippen LogP) is 0.604. The van der Waals surface area contributed by atoms with Crippen LogP contribution in [0, 0.1) is 0 Å². The number of hydrogen-bond acceptors (Lipinski definition) is 4. The maximum Gasteiger partial charge on any atom is 0.236 e. The second-order valence-electron chi connectivity index (χ2n) is 7.45. The summed E-state index contributed by atoms with van der Waals surface area (Å²) in [5, 5.41) is 13.4. The fraction of sp³-hybridized carbons (Fsp3) is 0.579. The van der Waals surface area contributed by atoms with Crippen molar-refractivity contribution in [1.82, 2.24) is 15.1 Å². The molecule has 0 aromatic heterocycles. The molecule has 1 saturated heterocycles. The number of piperidine rings is 1. The van der Waals surface area contributed by atoms with Crippen molar-refractivity contribution in [1.29, 1.82) is 0 Å². The number of nitrogens with zero attached hydrogens (tertiary/aromatic N) is 2. The lowest BCUT2D eigenvalue weighted by Crippen LogP contribution is -2.57. The van der Waals surface area contributed by atoms with Gasteiger partial charge in [0.25, 0.3) is 0 Å².